The highest BCUT2D eigenvalue weighted by molar-refractivity contribution is 5.90. The van der Waals surface area contributed by atoms with E-state index in [1.165, 1.54) is 0 Å². The first-order chi connectivity index (χ1) is 11.3. The first-order valence-electron chi connectivity index (χ1n) is 7.34. The van der Waals surface area contributed by atoms with Crippen LogP contribution in [-0.4, -0.2) is 21.0 Å². The highest BCUT2D eigenvalue weighted by Crippen LogP contribution is 2.38. The van der Waals surface area contributed by atoms with E-state index in [0.29, 0.717) is 0 Å². The van der Waals surface area contributed by atoms with Crippen molar-refractivity contribution in [1.82, 2.24) is 0 Å². The van der Waals surface area contributed by atoms with Crippen molar-refractivity contribution in [2.45, 2.75) is 0 Å². The minimum Gasteiger partial charge on any atom is -0.497 e. The molecule has 0 saturated carbocycles. The van der Waals surface area contributed by atoms with Crippen LogP contribution in [0.2, 0.25) is 0 Å². The molecule has 23 heavy (non-hydrogen) atoms. The van der Waals surface area contributed by atoms with E-state index >= 15 is 0 Å². The fourth-order valence-corrected chi connectivity index (χ4v) is 2.79. The number of hydrogen-bond acceptors (Lipinski definition) is 4. The summed E-state index contributed by atoms with van der Waals surface area (Å²) in [4.78, 5) is 0. The van der Waals surface area contributed by atoms with Crippen LogP contribution < -0.4 is 18.9 Å². The molecule has 1 heterocycles. The first-order valence-corrected chi connectivity index (χ1v) is 7.34. The van der Waals surface area contributed by atoms with Crippen LogP contribution in [-0.2, 0) is 0 Å². The number of benzene rings is 3. The van der Waals surface area contributed by atoms with Gasteiger partial charge in [-0.1, -0.05) is 12.1 Å². The molecule has 0 fully saturated rings. The van der Waals surface area contributed by atoms with Gasteiger partial charge in [0, 0.05) is 6.07 Å². The Morgan fingerprint density at radius 2 is 1.35 bits per heavy atom. The van der Waals surface area contributed by atoms with Gasteiger partial charge in [-0.05, 0) is 52.2 Å². The van der Waals surface area contributed by atoms with Crippen LogP contribution in [0.5, 0.6) is 23.0 Å². The summed E-state index contributed by atoms with van der Waals surface area (Å²) in [5, 5.41) is 2.22. The number of rotatable bonds is 3. The quantitative estimate of drug-likeness (QED) is 0.725. The van der Waals surface area contributed by atoms with Crippen molar-refractivity contribution in [1.29, 1.82) is 0 Å². The Bertz CT molecular complexity index is 864. The van der Waals surface area contributed by atoms with Crippen molar-refractivity contribution >= 4 is 10.8 Å². The maximum atomic E-state index is 5.46. The molecule has 0 aliphatic carbocycles. The highest BCUT2D eigenvalue weighted by atomic mass is 16.7. The van der Waals surface area contributed by atoms with Gasteiger partial charge in [0.05, 0.1) is 14.2 Å². The minimum absolute atomic E-state index is 0.283. The zero-order chi connectivity index (χ0) is 15.8. The normalized spacial score (nSPS) is 12.4. The third kappa shape index (κ3) is 2.42. The monoisotopic (exact) mass is 308 g/mol. The molecule has 0 radical (unpaired) electrons. The molecule has 116 valence electrons. The van der Waals surface area contributed by atoms with E-state index in [1.807, 2.05) is 30.3 Å². The van der Waals surface area contributed by atoms with E-state index in [-0.39, 0.29) is 6.79 Å². The molecule has 0 unspecified atom stereocenters. The van der Waals surface area contributed by atoms with Crippen LogP contribution in [0.1, 0.15) is 0 Å². The first kappa shape index (κ1) is 13.8. The van der Waals surface area contributed by atoms with Crippen LogP contribution in [0.25, 0.3) is 21.9 Å². The van der Waals surface area contributed by atoms with Gasteiger partial charge in [-0.15, -0.1) is 0 Å². The summed E-state index contributed by atoms with van der Waals surface area (Å²) in [5.41, 5.74) is 2.13. The summed E-state index contributed by atoms with van der Waals surface area (Å²) in [6.07, 6.45) is 0. The molecule has 3 aromatic carbocycles. The van der Waals surface area contributed by atoms with Gasteiger partial charge in [-0.3, -0.25) is 0 Å². The fraction of sp³-hybridized carbons (Fsp3) is 0.158. The molecule has 3 aromatic rings. The van der Waals surface area contributed by atoms with Crippen molar-refractivity contribution in [3.63, 3.8) is 0 Å². The molecule has 0 saturated heterocycles. The van der Waals surface area contributed by atoms with Crippen LogP contribution in [0, 0.1) is 0 Å². The van der Waals surface area contributed by atoms with Crippen LogP contribution >= 0.6 is 0 Å². The molecule has 4 rings (SSSR count). The summed E-state index contributed by atoms with van der Waals surface area (Å²) in [6.45, 7) is 0.283. The fourth-order valence-electron chi connectivity index (χ4n) is 2.79. The molecule has 4 heteroatoms. The summed E-state index contributed by atoms with van der Waals surface area (Å²) in [6, 6.07) is 16.2. The van der Waals surface area contributed by atoms with Crippen molar-refractivity contribution in [3.8, 4) is 34.1 Å². The molecule has 0 N–H and O–H groups in total. The zero-order valence-corrected chi connectivity index (χ0v) is 13.0. The standard InChI is InChI=1S/C19H16O4/c1-20-16-6-15(7-17(10-16)21-2)12-3-4-13-8-18-19(23-11-22-18)9-14(13)5-12/h3-10H,11H2,1-2H3. The Labute approximate surface area is 134 Å². The van der Waals surface area contributed by atoms with E-state index < -0.39 is 0 Å². The van der Waals surface area contributed by atoms with Crippen molar-refractivity contribution in [3.05, 3.63) is 48.5 Å². The summed E-state index contributed by atoms with van der Waals surface area (Å²) < 4.78 is 21.6. The summed E-state index contributed by atoms with van der Waals surface area (Å²) >= 11 is 0. The zero-order valence-electron chi connectivity index (χ0n) is 13.0. The maximum Gasteiger partial charge on any atom is 0.231 e. The van der Waals surface area contributed by atoms with Gasteiger partial charge in [0.25, 0.3) is 0 Å². The Kier molecular flexibility index (Phi) is 3.23. The third-order valence-electron chi connectivity index (χ3n) is 4.02. The van der Waals surface area contributed by atoms with Crippen LogP contribution in [0.3, 0.4) is 0 Å². The summed E-state index contributed by atoms with van der Waals surface area (Å²) in [7, 11) is 3.30. The second-order valence-electron chi connectivity index (χ2n) is 5.37. The lowest BCUT2D eigenvalue weighted by Crippen LogP contribution is -1.92. The van der Waals surface area contributed by atoms with Crippen molar-refractivity contribution in [2.24, 2.45) is 0 Å². The SMILES string of the molecule is COc1cc(OC)cc(-c2ccc3cc4c(cc3c2)OCO4)c1. The average Bonchev–Trinajstić information content (AvgIpc) is 3.05. The van der Waals surface area contributed by atoms with E-state index in [1.54, 1.807) is 14.2 Å². The van der Waals surface area contributed by atoms with E-state index in [2.05, 4.69) is 18.2 Å². The van der Waals surface area contributed by atoms with Crippen molar-refractivity contribution < 1.29 is 18.9 Å². The molecule has 0 aromatic heterocycles. The number of hydrogen-bond donors (Lipinski definition) is 0. The van der Waals surface area contributed by atoms with Crippen LogP contribution in [0.4, 0.5) is 0 Å². The predicted molar refractivity (Wildman–Crippen MR) is 88.6 cm³/mol. The maximum absolute atomic E-state index is 5.46. The lowest BCUT2D eigenvalue weighted by Gasteiger charge is -2.10. The lowest BCUT2D eigenvalue weighted by molar-refractivity contribution is 0.174. The number of methoxy groups -OCH3 is 2. The van der Waals surface area contributed by atoms with Crippen LogP contribution in [0.15, 0.2) is 48.5 Å². The van der Waals surface area contributed by atoms with Gasteiger partial charge >= 0.3 is 0 Å². The van der Waals surface area contributed by atoms with Gasteiger partial charge in [0.1, 0.15) is 11.5 Å². The molecular weight excluding hydrogens is 292 g/mol. The molecule has 0 amide bonds. The molecule has 0 atom stereocenters. The van der Waals surface area contributed by atoms with Crippen molar-refractivity contribution in [2.75, 3.05) is 21.0 Å². The predicted octanol–water partition coefficient (Wildman–Crippen LogP) is 4.25. The van der Waals surface area contributed by atoms with Gasteiger partial charge in [-0.25, -0.2) is 0 Å². The van der Waals surface area contributed by atoms with Gasteiger partial charge in [0.2, 0.25) is 6.79 Å². The van der Waals surface area contributed by atoms with E-state index in [9.17, 15) is 0 Å². The third-order valence-corrected chi connectivity index (χ3v) is 4.02. The smallest absolute Gasteiger partial charge is 0.231 e. The Morgan fingerprint density at radius 3 is 2.00 bits per heavy atom. The summed E-state index contributed by atoms with van der Waals surface area (Å²) in [5.74, 6) is 3.13. The number of fused-ring (bicyclic) bond motifs is 2. The number of ether oxygens (including phenoxy) is 4. The van der Waals surface area contributed by atoms with Gasteiger partial charge in [0.15, 0.2) is 11.5 Å². The molecule has 4 nitrogen and oxygen atoms in total. The molecule has 1 aliphatic heterocycles. The lowest BCUT2D eigenvalue weighted by atomic mass is 10.0. The molecular formula is C19H16O4. The average molecular weight is 308 g/mol. The molecule has 0 spiro atoms. The largest absolute Gasteiger partial charge is 0.497 e. The van der Waals surface area contributed by atoms with E-state index in [4.69, 9.17) is 18.9 Å². The second-order valence-corrected chi connectivity index (χ2v) is 5.37. The van der Waals surface area contributed by atoms with Gasteiger partial charge in [-0.2, -0.15) is 0 Å². The highest BCUT2D eigenvalue weighted by Gasteiger charge is 2.14. The minimum atomic E-state index is 0.283. The Balaban J connectivity index is 1.84. The Hall–Kier alpha value is -2.88. The topological polar surface area (TPSA) is 36.9 Å². The Morgan fingerprint density at radius 1 is 0.696 bits per heavy atom. The van der Waals surface area contributed by atoms with Gasteiger partial charge < -0.3 is 18.9 Å². The molecule has 0 bridgehead atoms. The molecule has 1 aliphatic rings. The second kappa shape index (κ2) is 5.39. The van der Waals surface area contributed by atoms with E-state index in [0.717, 1.165) is 44.9 Å².